The van der Waals surface area contributed by atoms with E-state index >= 15 is 0 Å². The van der Waals surface area contributed by atoms with Gasteiger partial charge in [-0.05, 0) is 12.8 Å². The Bertz CT molecular complexity index is 582. The van der Waals surface area contributed by atoms with Crippen LogP contribution in [-0.2, 0) is 19.4 Å². The summed E-state index contributed by atoms with van der Waals surface area (Å²) >= 11 is 1.65. The fraction of sp³-hybridized carbons (Fsp3) is 0.455. The van der Waals surface area contributed by atoms with Crippen LogP contribution >= 0.6 is 11.3 Å². The number of hydrogen-bond acceptors (Lipinski definition) is 3. The summed E-state index contributed by atoms with van der Waals surface area (Å²) in [5.74, 6) is 0.973. The van der Waals surface area contributed by atoms with Gasteiger partial charge in [0, 0.05) is 23.2 Å². The summed E-state index contributed by atoms with van der Waals surface area (Å²) in [6.45, 7) is 2.95. The second kappa shape index (κ2) is 3.17. The molecule has 0 amide bonds. The molecule has 0 atom stereocenters. The Morgan fingerprint density at radius 1 is 1.60 bits per heavy atom. The molecule has 1 aliphatic rings. The monoisotopic (exact) mass is 220 g/mol. The first kappa shape index (κ1) is 9.09. The lowest BCUT2D eigenvalue weighted by Crippen LogP contribution is -2.20. The normalized spacial score (nSPS) is 14.7. The third-order valence-electron chi connectivity index (χ3n) is 2.97. The molecule has 0 aromatic carbocycles. The Balaban J connectivity index is 2.43. The molecule has 1 aliphatic heterocycles. The van der Waals surface area contributed by atoms with Gasteiger partial charge in [-0.1, -0.05) is 6.92 Å². The van der Waals surface area contributed by atoms with E-state index in [9.17, 15) is 4.79 Å². The third-order valence-corrected chi connectivity index (χ3v) is 4.09. The minimum Gasteiger partial charge on any atom is -0.296 e. The van der Waals surface area contributed by atoms with Crippen molar-refractivity contribution in [3.8, 4) is 0 Å². The topological polar surface area (TPSA) is 34.9 Å². The van der Waals surface area contributed by atoms with Crippen molar-refractivity contribution in [2.75, 3.05) is 0 Å². The number of aryl methyl sites for hydroxylation is 2. The van der Waals surface area contributed by atoms with E-state index < -0.39 is 0 Å². The van der Waals surface area contributed by atoms with E-state index in [2.05, 4.69) is 11.9 Å². The largest absolute Gasteiger partial charge is 0.296 e. The molecule has 0 saturated carbocycles. The smallest absolute Gasteiger partial charge is 0.262 e. The molecule has 3 nitrogen and oxygen atoms in total. The standard InChI is InChI=1S/C11H12N2OS/c1-2-8-10-7(6-15-8)11(14)13-5-3-4-9(13)12-10/h6H,2-5H2,1H3. The predicted octanol–water partition coefficient (Wildman–Crippen LogP) is 1.97. The first-order chi connectivity index (χ1) is 7.31. The Morgan fingerprint density at radius 3 is 3.27 bits per heavy atom. The average Bonchev–Trinajstić information content (AvgIpc) is 2.83. The van der Waals surface area contributed by atoms with Crippen molar-refractivity contribution in [2.45, 2.75) is 32.7 Å². The SMILES string of the molecule is CCc1scc2c(=O)n3c(nc12)CCC3. The molecule has 2 aromatic heterocycles. The molecule has 0 unspecified atom stereocenters. The van der Waals surface area contributed by atoms with Crippen LogP contribution in [0.25, 0.3) is 10.9 Å². The van der Waals surface area contributed by atoms with Crippen LogP contribution in [0.4, 0.5) is 0 Å². The van der Waals surface area contributed by atoms with Gasteiger partial charge in [0.25, 0.3) is 5.56 Å². The second-order valence-corrected chi connectivity index (χ2v) is 4.83. The van der Waals surface area contributed by atoms with Crippen molar-refractivity contribution < 1.29 is 0 Å². The highest BCUT2D eigenvalue weighted by Gasteiger charge is 2.17. The lowest BCUT2D eigenvalue weighted by atomic mass is 10.3. The molecular weight excluding hydrogens is 208 g/mol. The van der Waals surface area contributed by atoms with E-state index in [1.54, 1.807) is 11.3 Å². The molecular formula is C11H12N2OS. The minimum atomic E-state index is 0.156. The molecule has 3 rings (SSSR count). The highest BCUT2D eigenvalue weighted by Crippen LogP contribution is 2.23. The van der Waals surface area contributed by atoms with Crippen LogP contribution in [0, 0.1) is 0 Å². The van der Waals surface area contributed by atoms with Gasteiger partial charge in [0.05, 0.1) is 10.9 Å². The van der Waals surface area contributed by atoms with Crippen molar-refractivity contribution in [3.63, 3.8) is 0 Å². The molecule has 0 spiro atoms. The summed E-state index contributed by atoms with van der Waals surface area (Å²) in [5.41, 5.74) is 1.10. The van der Waals surface area contributed by atoms with Crippen molar-refractivity contribution in [3.05, 3.63) is 26.4 Å². The molecule has 0 bridgehead atoms. The zero-order valence-electron chi connectivity index (χ0n) is 8.62. The lowest BCUT2D eigenvalue weighted by Gasteiger charge is -2.02. The van der Waals surface area contributed by atoms with Gasteiger partial charge in [-0.15, -0.1) is 11.3 Å². The van der Waals surface area contributed by atoms with Gasteiger partial charge in [0.2, 0.25) is 0 Å². The third kappa shape index (κ3) is 1.17. The second-order valence-electron chi connectivity index (χ2n) is 3.86. The van der Waals surface area contributed by atoms with Crippen molar-refractivity contribution in [1.29, 1.82) is 0 Å². The van der Waals surface area contributed by atoms with Gasteiger partial charge in [0.15, 0.2) is 0 Å². The van der Waals surface area contributed by atoms with E-state index in [4.69, 9.17) is 0 Å². The fourth-order valence-electron chi connectivity index (χ4n) is 2.19. The van der Waals surface area contributed by atoms with Crippen LogP contribution in [0.2, 0.25) is 0 Å². The number of aromatic nitrogens is 2. The molecule has 3 heterocycles. The molecule has 0 radical (unpaired) electrons. The zero-order valence-corrected chi connectivity index (χ0v) is 9.43. The van der Waals surface area contributed by atoms with Gasteiger partial charge >= 0.3 is 0 Å². The first-order valence-corrected chi connectivity index (χ1v) is 6.19. The number of thiophene rings is 1. The molecule has 0 saturated heterocycles. The van der Waals surface area contributed by atoms with Gasteiger partial charge in [-0.3, -0.25) is 9.36 Å². The number of fused-ring (bicyclic) bond motifs is 2. The first-order valence-electron chi connectivity index (χ1n) is 5.31. The Kier molecular flexibility index (Phi) is 1.92. The quantitative estimate of drug-likeness (QED) is 0.736. The van der Waals surface area contributed by atoms with E-state index in [0.29, 0.717) is 0 Å². The van der Waals surface area contributed by atoms with Crippen LogP contribution in [0.15, 0.2) is 10.2 Å². The summed E-state index contributed by atoms with van der Waals surface area (Å²) < 4.78 is 1.83. The van der Waals surface area contributed by atoms with Gasteiger partial charge in [-0.25, -0.2) is 4.98 Å². The zero-order chi connectivity index (χ0) is 10.4. The summed E-state index contributed by atoms with van der Waals surface area (Å²) in [7, 11) is 0. The molecule has 0 fully saturated rings. The number of hydrogen-bond donors (Lipinski definition) is 0. The molecule has 0 N–H and O–H groups in total. The molecule has 0 aliphatic carbocycles. The Hall–Kier alpha value is -1.16. The lowest BCUT2D eigenvalue weighted by molar-refractivity contribution is 0.719. The molecule has 4 heteroatoms. The maximum atomic E-state index is 12.1. The van der Waals surface area contributed by atoms with Crippen molar-refractivity contribution in [2.24, 2.45) is 0 Å². The Labute approximate surface area is 91.4 Å². The highest BCUT2D eigenvalue weighted by molar-refractivity contribution is 7.11. The van der Waals surface area contributed by atoms with Crippen molar-refractivity contribution >= 4 is 22.2 Å². The molecule has 15 heavy (non-hydrogen) atoms. The van der Waals surface area contributed by atoms with E-state index in [1.165, 1.54) is 4.88 Å². The van der Waals surface area contributed by atoms with E-state index in [-0.39, 0.29) is 5.56 Å². The number of nitrogens with zero attached hydrogens (tertiary/aromatic N) is 2. The number of rotatable bonds is 1. The summed E-state index contributed by atoms with van der Waals surface area (Å²) in [5, 5.41) is 2.76. The van der Waals surface area contributed by atoms with Crippen molar-refractivity contribution in [1.82, 2.24) is 9.55 Å². The van der Waals surface area contributed by atoms with E-state index in [0.717, 1.165) is 42.5 Å². The van der Waals surface area contributed by atoms with Crippen LogP contribution < -0.4 is 5.56 Å². The van der Waals surface area contributed by atoms with Gasteiger partial charge in [-0.2, -0.15) is 0 Å². The predicted molar refractivity (Wildman–Crippen MR) is 61.6 cm³/mol. The maximum Gasteiger partial charge on any atom is 0.262 e. The van der Waals surface area contributed by atoms with Crippen LogP contribution in [0.3, 0.4) is 0 Å². The summed E-state index contributed by atoms with van der Waals surface area (Å²) in [6.07, 6.45) is 2.97. The summed E-state index contributed by atoms with van der Waals surface area (Å²) in [4.78, 5) is 17.9. The highest BCUT2D eigenvalue weighted by atomic mass is 32.1. The van der Waals surface area contributed by atoms with Gasteiger partial charge < -0.3 is 0 Å². The Morgan fingerprint density at radius 2 is 2.47 bits per heavy atom. The maximum absolute atomic E-state index is 12.1. The molecule has 2 aromatic rings. The fourth-order valence-corrected chi connectivity index (χ4v) is 3.09. The minimum absolute atomic E-state index is 0.156. The van der Waals surface area contributed by atoms with Gasteiger partial charge in [0.1, 0.15) is 5.82 Å². The van der Waals surface area contributed by atoms with Crippen LogP contribution in [0.1, 0.15) is 24.0 Å². The van der Waals surface area contributed by atoms with Crippen LogP contribution in [-0.4, -0.2) is 9.55 Å². The van der Waals surface area contributed by atoms with E-state index in [1.807, 2.05) is 9.95 Å². The molecule has 78 valence electrons. The van der Waals surface area contributed by atoms with Crippen LogP contribution in [0.5, 0.6) is 0 Å². The summed E-state index contributed by atoms with van der Waals surface area (Å²) in [6, 6.07) is 0. The average molecular weight is 220 g/mol.